The third-order valence-electron chi connectivity index (χ3n) is 2.53. The van der Waals surface area contributed by atoms with Crippen molar-refractivity contribution in [1.82, 2.24) is 25.5 Å². The van der Waals surface area contributed by atoms with E-state index in [2.05, 4.69) is 30.8 Å². The number of aryl methyl sites for hydroxylation is 1. The highest BCUT2D eigenvalue weighted by Gasteiger charge is 2.02. The van der Waals surface area contributed by atoms with Crippen molar-refractivity contribution in [2.24, 2.45) is 0 Å². The Morgan fingerprint density at radius 2 is 2.11 bits per heavy atom. The number of hydrogen-bond acceptors (Lipinski definition) is 4. The second-order valence-electron chi connectivity index (χ2n) is 3.98. The van der Waals surface area contributed by atoms with E-state index in [1.165, 1.54) is 0 Å². The number of urea groups is 1. The smallest absolute Gasteiger partial charge is 0.319 e. The molecule has 100 valence electrons. The Morgan fingerprint density at radius 3 is 2.74 bits per heavy atom. The van der Waals surface area contributed by atoms with Crippen molar-refractivity contribution < 1.29 is 4.79 Å². The first-order valence-corrected chi connectivity index (χ1v) is 6.11. The minimum atomic E-state index is -0.267. The van der Waals surface area contributed by atoms with E-state index in [0.717, 1.165) is 24.2 Å². The molecule has 7 nitrogen and oxygen atoms in total. The summed E-state index contributed by atoms with van der Waals surface area (Å²) in [6.07, 6.45) is 8.24. The molecule has 0 fully saturated rings. The van der Waals surface area contributed by atoms with Crippen molar-refractivity contribution in [2.75, 3.05) is 11.9 Å². The summed E-state index contributed by atoms with van der Waals surface area (Å²) in [5.74, 6) is 0.755. The molecule has 0 aromatic carbocycles. The molecule has 0 saturated carbocycles. The van der Waals surface area contributed by atoms with Crippen molar-refractivity contribution in [2.45, 2.75) is 19.8 Å². The summed E-state index contributed by atoms with van der Waals surface area (Å²) < 4.78 is 0. The van der Waals surface area contributed by atoms with E-state index < -0.39 is 0 Å². The number of aromatic amines is 1. The second-order valence-corrected chi connectivity index (χ2v) is 3.98. The molecule has 7 heteroatoms. The van der Waals surface area contributed by atoms with E-state index in [1.807, 2.05) is 6.92 Å². The molecule has 0 aliphatic carbocycles. The fourth-order valence-electron chi connectivity index (χ4n) is 1.51. The van der Waals surface area contributed by atoms with E-state index in [1.54, 1.807) is 24.8 Å². The highest BCUT2D eigenvalue weighted by Crippen LogP contribution is 2.02. The van der Waals surface area contributed by atoms with Gasteiger partial charge in [-0.3, -0.25) is 5.10 Å². The molecule has 2 amide bonds. The predicted molar refractivity (Wildman–Crippen MR) is 70.7 cm³/mol. The Balaban J connectivity index is 1.74. The minimum Gasteiger partial charge on any atom is -0.338 e. The summed E-state index contributed by atoms with van der Waals surface area (Å²) in [5, 5.41) is 12.0. The number of amides is 2. The van der Waals surface area contributed by atoms with Crippen molar-refractivity contribution in [3.05, 3.63) is 36.2 Å². The van der Waals surface area contributed by atoms with Crippen LogP contribution in [0.1, 0.15) is 18.3 Å². The van der Waals surface area contributed by atoms with E-state index in [4.69, 9.17) is 0 Å². The molecule has 0 aliphatic rings. The topological polar surface area (TPSA) is 95.6 Å². The van der Waals surface area contributed by atoms with E-state index in [-0.39, 0.29) is 6.03 Å². The Morgan fingerprint density at radius 1 is 1.32 bits per heavy atom. The summed E-state index contributed by atoms with van der Waals surface area (Å²) in [5.41, 5.74) is 1.63. The zero-order valence-electron chi connectivity index (χ0n) is 10.7. The van der Waals surface area contributed by atoms with Crippen LogP contribution in [0.2, 0.25) is 0 Å². The molecule has 2 aromatic heterocycles. The SMILES string of the molecule is CCc1ncc(NC(=O)NCCc2cn[nH]c2)cn1. The van der Waals surface area contributed by atoms with Crippen molar-refractivity contribution in [3.8, 4) is 0 Å². The Hall–Kier alpha value is -2.44. The van der Waals surface area contributed by atoms with Gasteiger partial charge in [0.25, 0.3) is 0 Å². The maximum absolute atomic E-state index is 11.6. The van der Waals surface area contributed by atoms with Crippen molar-refractivity contribution in [3.63, 3.8) is 0 Å². The number of nitrogens with zero attached hydrogens (tertiary/aromatic N) is 3. The van der Waals surface area contributed by atoms with Crippen LogP contribution in [0.3, 0.4) is 0 Å². The highest BCUT2D eigenvalue weighted by molar-refractivity contribution is 5.88. The lowest BCUT2D eigenvalue weighted by atomic mass is 10.2. The third-order valence-corrected chi connectivity index (χ3v) is 2.53. The number of anilines is 1. The second kappa shape index (κ2) is 6.48. The molecule has 0 spiro atoms. The molecule has 0 atom stereocenters. The van der Waals surface area contributed by atoms with Crippen LogP contribution in [-0.2, 0) is 12.8 Å². The fraction of sp³-hybridized carbons (Fsp3) is 0.333. The molecular formula is C12H16N6O. The van der Waals surface area contributed by atoms with Gasteiger partial charge in [0.15, 0.2) is 0 Å². The van der Waals surface area contributed by atoms with Gasteiger partial charge in [-0.1, -0.05) is 6.92 Å². The highest BCUT2D eigenvalue weighted by atomic mass is 16.2. The molecule has 19 heavy (non-hydrogen) atoms. The minimum absolute atomic E-state index is 0.267. The zero-order valence-corrected chi connectivity index (χ0v) is 10.7. The summed E-state index contributed by atoms with van der Waals surface area (Å²) in [6.45, 7) is 2.52. The lowest BCUT2D eigenvalue weighted by Crippen LogP contribution is -2.30. The van der Waals surface area contributed by atoms with Crippen LogP contribution >= 0.6 is 0 Å². The maximum atomic E-state index is 11.6. The summed E-state index contributed by atoms with van der Waals surface area (Å²) >= 11 is 0. The van der Waals surface area contributed by atoms with Crippen LogP contribution < -0.4 is 10.6 Å². The number of aromatic nitrogens is 4. The van der Waals surface area contributed by atoms with Gasteiger partial charge in [-0.05, 0) is 12.0 Å². The number of carbonyl (C=O) groups is 1. The Labute approximate surface area is 110 Å². The van der Waals surface area contributed by atoms with Gasteiger partial charge in [-0.25, -0.2) is 14.8 Å². The molecule has 0 unspecified atom stereocenters. The molecule has 0 saturated heterocycles. The monoisotopic (exact) mass is 260 g/mol. The lowest BCUT2D eigenvalue weighted by molar-refractivity contribution is 0.252. The van der Waals surface area contributed by atoms with Gasteiger partial charge in [0.1, 0.15) is 5.82 Å². The van der Waals surface area contributed by atoms with Gasteiger partial charge in [0.05, 0.1) is 24.3 Å². The number of rotatable bonds is 5. The van der Waals surface area contributed by atoms with Crippen LogP contribution in [0.4, 0.5) is 10.5 Å². The van der Waals surface area contributed by atoms with Crippen LogP contribution in [-0.4, -0.2) is 32.7 Å². The average molecular weight is 260 g/mol. The van der Waals surface area contributed by atoms with Gasteiger partial charge >= 0.3 is 6.03 Å². The zero-order chi connectivity index (χ0) is 13.5. The lowest BCUT2D eigenvalue weighted by Gasteiger charge is -2.06. The van der Waals surface area contributed by atoms with Crippen molar-refractivity contribution >= 4 is 11.7 Å². The van der Waals surface area contributed by atoms with Gasteiger partial charge in [0, 0.05) is 19.2 Å². The number of nitrogens with one attached hydrogen (secondary N) is 3. The molecule has 0 radical (unpaired) electrons. The Bertz CT molecular complexity index is 508. The number of hydrogen-bond donors (Lipinski definition) is 3. The van der Waals surface area contributed by atoms with Crippen LogP contribution in [0.15, 0.2) is 24.8 Å². The predicted octanol–water partition coefficient (Wildman–Crippen LogP) is 1.13. The third kappa shape index (κ3) is 4.06. The molecule has 2 rings (SSSR count). The van der Waals surface area contributed by atoms with Gasteiger partial charge in [0.2, 0.25) is 0 Å². The van der Waals surface area contributed by atoms with Gasteiger partial charge in [-0.15, -0.1) is 0 Å². The van der Waals surface area contributed by atoms with E-state index in [9.17, 15) is 4.79 Å². The van der Waals surface area contributed by atoms with Crippen LogP contribution in [0, 0.1) is 0 Å². The molecular weight excluding hydrogens is 244 g/mol. The van der Waals surface area contributed by atoms with Crippen molar-refractivity contribution in [1.29, 1.82) is 0 Å². The van der Waals surface area contributed by atoms with Gasteiger partial charge in [-0.2, -0.15) is 5.10 Å². The number of H-pyrrole nitrogens is 1. The quantitative estimate of drug-likeness (QED) is 0.750. The first kappa shape index (κ1) is 13.0. The van der Waals surface area contributed by atoms with Crippen LogP contribution in [0.5, 0.6) is 0 Å². The maximum Gasteiger partial charge on any atom is 0.319 e. The number of carbonyl (C=O) groups excluding carboxylic acids is 1. The molecule has 3 N–H and O–H groups in total. The van der Waals surface area contributed by atoms with Crippen LogP contribution in [0.25, 0.3) is 0 Å². The summed E-state index contributed by atoms with van der Waals surface area (Å²) in [7, 11) is 0. The molecule has 0 aliphatic heterocycles. The molecule has 2 heterocycles. The first-order chi connectivity index (χ1) is 9.28. The standard InChI is InChI=1S/C12H16N6O/c1-2-11-14-7-10(8-15-11)18-12(19)13-4-3-9-5-16-17-6-9/h5-8H,2-4H2,1H3,(H,16,17)(H2,13,18,19). The fourth-order valence-corrected chi connectivity index (χ4v) is 1.51. The molecule has 0 bridgehead atoms. The molecule has 2 aromatic rings. The first-order valence-electron chi connectivity index (χ1n) is 6.11. The largest absolute Gasteiger partial charge is 0.338 e. The van der Waals surface area contributed by atoms with E-state index >= 15 is 0 Å². The summed E-state index contributed by atoms with van der Waals surface area (Å²) in [4.78, 5) is 19.8. The van der Waals surface area contributed by atoms with Gasteiger partial charge < -0.3 is 10.6 Å². The Kier molecular flexibility index (Phi) is 4.44. The summed E-state index contributed by atoms with van der Waals surface area (Å²) in [6, 6.07) is -0.267. The van der Waals surface area contributed by atoms with E-state index in [0.29, 0.717) is 12.2 Å². The normalized spacial score (nSPS) is 10.2. The average Bonchev–Trinajstić information content (AvgIpc) is 2.93.